The van der Waals surface area contributed by atoms with Gasteiger partial charge in [-0.2, -0.15) is 4.98 Å². The molecular formula is C19H19N3O3. The number of carbonyl (C=O) groups is 2. The molecule has 2 amide bonds. The maximum Gasteiger partial charge on any atom is 0.233 e. The SMILES string of the molecule is O=C1C2CC=CCC2C(=O)N1CCCc1nc(-c2ccccc2)no1. The highest BCUT2D eigenvalue weighted by molar-refractivity contribution is 6.05. The van der Waals surface area contributed by atoms with E-state index in [0.717, 1.165) is 5.56 Å². The number of rotatable bonds is 5. The van der Waals surface area contributed by atoms with Crippen molar-refractivity contribution in [3.8, 4) is 11.4 Å². The normalized spacial score (nSPS) is 22.5. The lowest BCUT2D eigenvalue weighted by atomic mass is 9.85. The molecule has 2 aromatic rings. The summed E-state index contributed by atoms with van der Waals surface area (Å²) in [5.41, 5.74) is 0.902. The smallest absolute Gasteiger partial charge is 0.233 e. The zero-order valence-electron chi connectivity index (χ0n) is 13.8. The first-order valence-corrected chi connectivity index (χ1v) is 8.62. The van der Waals surface area contributed by atoms with E-state index in [2.05, 4.69) is 10.1 Å². The first kappa shape index (κ1) is 15.7. The van der Waals surface area contributed by atoms with Crippen molar-refractivity contribution >= 4 is 11.8 Å². The van der Waals surface area contributed by atoms with Gasteiger partial charge >= 0.3 is 0 Å². The molecule has 0 bridgehead atoms. The second-order valence-corrected chi connectivity index (χ2v) is 6.47. The Morgan fingerprint density at radius 1 is 1.04 bits per heavy atom. The number of hydrogen-bond donors (Lipinski definition) is 0. The van der Waals surface area contributed by atoms with Gasteiger partial charge in [0.15, 0.2) is 0 Å². The minimum atomic E-state index is -0.161. The van der Waals surface area contributed by atoms with E-state index in [1.165, 1.54) is 4.90 Å². The largest absolute Gasteiger partial charge is 0.339 e. The third-order valence-corrected chi connectivity index (χ3v) is 4.87. The Labute approximate surface area is 145 Å². The summed E-state index contributed by atoms with van der Waals surface area (Å²) in [6.45, 7) is 0.410. The molecule has 2 heterocycles. The fourth-order valence-electron chi connectivity index (χ4n) is 3.54. The first-order chi connectivity index (χ1) is 12.2. The molecule has 1 fully saturated rings. The minimum Gasteiger partial charge on any atom is -0.339 e. The molecule has 1 aromatic carbocycles. The quantitative estimate of drug-likeness (QED) is 0.619. The predicted molar refractivity (Wildman–Crippen MR) is 90.1 cm³/mol. The number of benzene rings is 1. The van der Waals surface area contributed by atoms with Crippen LogP contribution in [0, 0.1) is 11.8 Å². The van der Waals surface area contributed by atoms with Crippen LogP contribution in [0.5, 0.6) is 0 Å². The fourth-order valence-corrected chi connectivity index (χ4v) is 3.54. The van der Waals surface area contributed by atoms with Crippen molar-refractivity contribution in [3.05, 3.63) is 48.4 Å². The number of allylic oxidation sites excluding steroid dienone is 2. The van der Waals surface area contributed by atoms with Gasteiger partial charge in [-0.3, -0.25) is 14.5 Å². The van der Waals surface area contributed by atoms with E-state index in [0.29, 0.717) is 43.9 Å². The molecule has 128 valence electrons. The molecule has 0 saturated carbocycles. The van der Waals surface area contributed by atoms with Crippen LogP contribution in [0.3, 0.4) is 0 Å². The van der Waals surface area contributed by atoms with Gasteiger partial charge in [-0.1, -0.05) is 47.6 Å². The average Bonchev–Trinajstić information content (AvgIpc) is 3.22. The Balaban J connectivity index is 1.35. The summed E-state index contributed by atoms with van der Waals surface area (Å²) in [5.74, 6) is 0.693. The number of carbonyl (C=O) groups excluding carboxylic acids is 2. The van der Waals surface area contributed by atoms with Gasteiger partial charge in [0.2, 0.25) is 23.5 Å². The molecule has 1 saturated heterocycles. The average molecular weight is 337 g/mol. The van der Waals surface area contributed by atoms with Crippen molar-refractivity contribution < 1.29 is 14.1 Å². The monoisotopic (exact) mass is 337 g/mol. The van der Waals surface area contributed by atoms with E-state index >= 15 is 0 Å². The Morgan fingerprint density at radius 3 is 2.40 bits per heavy atom. The van der Waals surface area contributed by atoms with Gasteiger partial charge in [-0.15, -0.1) is 0 Å². The number of aromatic nitrogens is 2. The molecule has 6 heteroatoms. The van der Waals surface area contributed by atoms with E-state index in [4.69, 9.17) is 4.52 Å². The van der Waals surface area contributed by atoms with E-state index in [1.807, 2.05) is 42.5 Å². The molecular weight excluding hydrogens is 318 g/mol. The topological polar surface area (TPSA) is 76.3 Å². The molecule has 2 unspecified atom stereocenters. The highest BCUT2D eigenvalue weighted by Gasteiger charge is 2.46. The van der Waals surface area contributed by atoms with Crippen molar-refractivity contribution in [1.29, 1.82) is 0 Å². The van der Waals surface area contributed by atoms with E-state index in [1.54, 1.807) is 0 Å². The number of imide groups is 1. The van der Waals surface area contributed by atoms with Crippen molar-refractivity contribution in [3.63, 3.8) is 0 Å². The Morgan fingerprint density at radius 2 is 1.72 bits per heavy atom. The maximum atomic E-state index is 12.4. The first-order valence-electron chi connectivity index (χ1n) is 8.62. The lowest BCUT2D eigenvalue weighted by molar-refractivity contribution is -0.139. The van der Waals surface area contributed by atoms with Gasteiger partial charge < -0.3 is 4.52 Å². The Kier molecular flexibility index (Phi) is 4.17. The van der Waals surface area contributed by atoms with E-state index in [-0.39, 0.29) is 23.7 Å². The number of hydrogen-bond acceptors (Lipinski definition) is 5. The Hall–Kier alpha value is -2.76. The van der Waals surface area contributed by atoms with Crippen LogP contribution in [0.15, 0.2) is 47.0 Å². The third-order valence-electron chi connectivity index (χ3n) is 4.87. The molecule has 6 nitrogen and oxygen atoms in total. The number of fused-ring (bicyclic) bond motifs is 1. The summed E-state index contributed by atoms with van der Waals surface area (Å²) >= 11 is 0. The molecule has 25 heavy (non-hydrogen) atoms. The van der Waals surface area contributed by atoms with E-state index in [9.17, 15) is 9.59 Å². The van der Waals surface area contributed by atoms with Gasteiger partial charge in [-0.05, 0) is 19.3 Å². The number of amides is 2. The molecule has 2 aliphatic rings. The number of nitrogens with zero attached hydrogens (tertiary/aromatic N) is 3. The molecule has 4 rings (SSSR count). The summed E-state index contributed by atoms with van der Waals surface area (Å²) in [6.07, 6.45) is 6.52. The van der Waals surface area contributed by atoms with Crippen molar-refractivity contribution in [2.24, 2.45) is 11.8 Å². The van der Waals surface area contributed by atoms with E-state index < -0.39 is 0 Å². The highest BCUT2D eigenvalue weighted by Crippen LogP contribution is 2.35. The second kappa shape index (κ2) is 6.63. The minimum absolute atomic E-state index is 0.0325. The van der Waals surface area contributed by atoms with Crippen molar-refractivity contribution in [1.82, 2.24) is 15.0 Å². The summed E-state index contributed by atoms with van der Waals surface area (Å²) in [5, 5.41) is 3.98. The number of likely N-dealkylation sites (tertiary alicyclic amines) is 1. The predicted octanol–water partition coefficient (Wildman–Crippen LogP) is 2.62. The zero-order valence-corrected chi connectivity index (χ0v) is 13.8. The van der Waals surface area contributed by atoms with Crippen LogP contribution in [0.1, 0.15) is 25.2 Å². The summed E-state index contributed by atoms with van der Waals surface area (Å²) in [7, 11) is 0. The molecule has 0 spiro atoms. The third kappa shape index (κ3) is 2.99. The van der Waals surface area contributed by atoms with Crippen LogP contribution in [0.4, 0.5) is 0 Å². The van der Waals surface area contributed by atoms with Crippen molar-refractivity contribution in [2.45, 2.75) is 25.7 Å². The van der Waals surface area contributed by atoms with Crippen LogP contribution >= 0.6 is 0 Å². The molecule has 2 atom stereocenters. The fraction of sp³-hybridized carbons (Fsp3) is 0.368. The zero-order chi connectivity index (χ0) is 17.2. The molecule has 1 aliphatic heterocycles. The Bertz CT molecular complexity index is 786. The van der Waals surface area contributed by atoms with Crippen molar-refractivity contribution in [2.75, 3.05) is 6.54 Å². The van der Waals surface area contributed by atoms with Gasteiger partial charge in [0.05, 0.1) is 11.8 Å². The number of aryl methyl sites for hydroxylation is 1. The summed E-state index contributed by atoms with van der Waals surface area (Å²) in [4.78, 5) is 30.6. The molecule has 1 aromatic heterocycles. The molecule has 0 radical (unpaired) electrons. The van der Waals surface area contributed by atoms with Crippen LogP contribution < -0.4 is 0 Å². The lowest BCUT2D eigenvalue weighted by Gasteiger charge is -2.14. The van der Waals surface area contributed by atoms with Gasteiger partial charge in [0.1, 0.15) is 0 Å². The maximum absolute atomic E-state index is 12.4. The lowest BCUT2D eigenvalue weighted by Crippen LogP contribution is -2.32. The summed E-state index contributed by atoms with van der Waals surface area (Å²) in [6, 6.07) is 9.62. The van der Waals surface area contributed by atoms with Crippen LogP contribution in [-0.4, -0.2) is 33.4 Å². The van der Waals surface area contributed by atoms with Gasteiger partial charge in [-0.25, -0.2) is 0 Å². The van der Waals surface area contributed by atoms with Crippen LogP contribution in [0.25, 0.3) is 11.4 Å². The standard InChI is InChI=1S/C19H19N3O3/c23-18-14-9-4-5-10-15(14)19(24)22(18)12-6-11-16-20-17(21-25-16)13-7-2-1-3-8-13/h1-5,7-8,14-15H,6,9-12H2. The van der Waals surface area contributed by atoms with Gasteiger partial charge in [0, 0.05) is 18.5 Å². The highest BCUT2D eigenvalue weighted by atomic mass is 16.5. The van der Waals surface area contributed by atoms with Crippen LogP contribution in [-0.2, 0) is 16.0 Å². The molecule has 0 N–H and O–H groups in total. The molecule has 1 aliphatic carbocycles. The van der Waals surface area contributed by atoms with Crippen LogP contribution in [0.2, 0.25) is 0 Å². The second-order valence-electron chi connectivity index (χ2n) is 6.47. The van der Waals surface area contributed by atoms with Gasteiger partial charge in [0.25, 0.3) is 0 Å². The summed E-state index contributed by atoms with van der Waals surface area (Å²) < 4.78 is 5.27.